The van der Waals surface area contributed by atoms with Crippen molar-refractivity contribution in [3.63, 3.8) is 0 Å². The normalized spacial score (nSPS) is 14.7. The van der Waals surface area contributed by atoms with Crippen molar-refractivity contribution in [1.82, 2.24) is 10.2 Å². The van der Waals surface area contributed by atoms with Gasteiger partial charge in [-0.3, -0.25) is 13.9 Å². The van der Waals surface area contributed by atoms with Crippen molar-refractivity contribution in [2.75, 3.05) is 10.8 Å². The summed E-state index contributed by atoms with van der Waals surface area (Å²) in [6, 6.07) is 12.5. The van der Waals surface area contributed by atoms with Gasteiger partial charge >= 0.3 is 6.18 Å². The second kappa shape index (κ2) is 14.0. The van der Waals surface area contributed by atoms with Crippen molar-refractivity contribution in [1.29, 1.82) is 0 Å². The lowest BCUT2D eigenvalue weighted by Crippen LogP contribution is -2.52. The van der Waals surface area contributed by atoms with E-state index in [4.69, 9.17) is 34.8 Å². The first kappa shape index (κ1) is 33.9. The zero-order chi connectivity index (χ0) is 32.2. The molecular formula is C30H29Cl3F3N3O4S. The van der Waals surface area contributed by atoms with Gasteiger partial charge in [0, 0.05) is 22.6 Å². The lowest BCUT2D eigenvalue weighted by Gasteiger charge is -2.33. The lowest BCUT2D eigenvalue weighted by atomic mass is 10.1. The topological polar surface area (TPSA) is 86.8 Å². The van der Waals surface area contributed by atoms with Crippen LogP contribution in [-0.4, -0.2) is 43.8 Å². The Bertz CT molecular complexity index is 1620. The number of amides is 2. The number of hydrogen-bond acceptors (Lipinski definition) is 4. The number of sulfonamides is 1. The van der Waals surface area contributed by atoms with Gasteiger partial charge in [-0.2, -0.15) is 13.2 Å². The van der Waals surface area contributed by atoms with E-state index in [1.165, 1.54) is 37.3 Å². The van der Waals surface area contributed by atoms with Crippen LogP contribution in [0.1, 0.15) is 43.7 Å². The Morgan fingerprint density at radius 1 is 0.955 bits per heavy atom. The van der Waals surface area contributed by atoms with Crippen LogP contribution in [-0.2, 0) is 32.3 Å². The fourth-order valence-corrected chi connectivity index (χ4v) is 7.11. The van der Waals surface area contributed by atoms with Crippen LogP contribution in [0.3, 0.4) is 0 Å². The van der Waals surface area contributed by atoms with Crippen LogP contribution < -0.4 is 9.62 Å². The minimum absolute atomic E-state index is 0.0695. The van der Waals surface area contributed by atoms with Crippen LogP contribution in [0.5, 0.6) is 0 Å². The quantitative estimate of drug-likeness (QED) is 0.241. The number of nitrogens with one attached hydrogen (secondary N) is 1. The van der Waals surface area contributed by atoms with Gasteiger partial charge in [0.15, 0.2) is 0 Å². The summed E-state index contributed by atoms with van der Waals surface area (Å²) < 4.78 is 69.4. The number of rotatable bonds is 10. The van der Waals surface area contributed by atoms with Gasteiger partial charge in [0.05, 0.1) is 21.2 Å². The molecule has 1 aliphatic carbocycles. The highest BCUT2D eigenvalue weighted by atomic mass is 35.5. The first-order chi connectivity index (χ1) is 20.7. The predicted molar refractivity (Wildman–Crippen MR) is 164 cm³/mol. The lowest BCUT2D eigenvalue weighted by molar-refractivity contribution is -0.139. The highest BCUT2D eigenvalue weighted by Gasteiger charge is 2.37. The Morgan fingerprint density at radius 3 is 2.23 bits per heavy atom. The summed E-state index contributed by atoms with van der Waals surface area (Å²) in [6.07, 6.45) is -1.35. The summed E-state index contributed by atoms with van der Waals surface area (Å²) in [5.41, 5.74) is -1.29. The molecule has 4 rings (SSSR count). The number of alkyl halides is 3. The fourth-order valence-electron chi connectivity index (χ4n) is 4.92. The van der Waals surface area contributed by atoms with E-state index in [0.29, 0.717) is 27.0 Å². The number of anilines is 1. The van der Waals surface area contributed by atoms with Gasteiger partial charge in [0.1, 0.15) is 12.6 Å². The molecule has 1 saturated carbocycles. The highest BCUT2D eigenvalue weighted by Crippen LogP contribution is 2.37. The molecule has 0 aliphatic heterocycles. The van der Waals surface area contributed by atoms with Crippen molar-refractivity contribution in [3.05, 3.63) is 92.9 Å². The molecule has 0 bridgehead atoms. The van der Waals surface area contributed by atoms with Crippen molar-refractivity contribution >= 4 is 62.3 Å². The van der Waals surface area contributed by atoms with Crippen LogP contribution in [0.25, 0.3) is 0 Å². The zero-order valence-electron chi connectivity index (χ0n) is 23.5. The summed E-state index contributed by atoms with van der Waals surface area (Å²) >= 11 is 18.7. The summed E-state index contributed by atoms with van der Waals surface area (Å²) in [6.45, 7) is 0.299. The summed E-state index contributed by atoms with van der Waals surface area (Å²) in [7, 11) is -4.63. The third kappa shape index (κ3) is 7.99. The summed E-state index contributed by atoms with van der Waals surface area (Å²) in [5.74, 6) is -1.34. The second-order valence-corrected chi connectivity index (χ2v) is 13.5. The van der Waals surface area contributed by atoms with E-state index >= 15 is 0 Å². The van der Waals surface area contributed by atoms with Crippen LogP contribution >= 0.6 is 34.8 Å². The van der Waals surface area contributed by atoms with Gasteiger partial charge in [-0.25, -0.2) is 8.42 Å². The Hall–Kier alpha value is -2.99. The molecule has 0 saturated heterocycles. The second-order valence-electron chi connectivity index (χ2n) is 10.4. The van der Waals surface area contributed by atoms with E-state index in [-0.39, 0.29) is 27.5 Å². The molecule has 236 valence electrons. The molecular weight excluding hydrogens is 662 g/mol. The molecule has 3 aromatic rings. The molecule has 1 N–H and O–H groups in total. The molecule has 44 heavy (non-hydrogen) atoms. The SMILES string of the molecule is C[C@H](C(=O)NC1CCCC1)N(Cc1ccc(Cl)cc1Cl)C(=O)CN(c1cc(C(F)(F)F)ccc1Cl)S(=O)(=O)c1ccccc1. The Morgan fingerprint density at radius 2 is 1.61 bits per heavy atom. The molecule has 2 amide bonds. The molecule has 3 aromatic carbocycles. The molecule has 0 spiro atoms. The van der Waals surface area contributed by atoms with E-state index in [9.17, 15) is 31.2 Å². The standard InChI is InChI=1S/C30H29Cl3F3N3O4S/c1-19(29(41)37-23-7-5-6-8-23)38(17-20-11-13-22(31)16-26(20)33)28(40)18-39(44(42,43)24-9-3-2-4-10-24)27-15-21(30(34,35)36)12-14-25(27)32/h2-4,9-16,19,23H,5-8,17-18H2,1H3,(H,37,41)/t19-/m1/s1. The Balaban J connectivity index is 1.77. The molecule has 1 atom stereocenters. The molecule has 1 fully saturated rings. The van der Waals surface area contributed by atoms with Gasteiger partial charge < -0.3 is 10.2 Å². The average molecular weight is 691 g/mol. The first-order valence-corrected chi connectivity index (χ1v) is 16.2. The maximum Gasteiger partial charge on any atom is 0.416 e. The number of hydrogen-bond donors (Lipinski definition) is 1. The van der Waals surface area contributed by atoms with Gasteiger partial charge in [-0.15, -0.1) is 0 Å². The minimum atomic E-state index is -4.82. The number of carbonyl (C=O) groups is 2. The van der Waals surface area contributed by atoms with Crippen LogP contribution in [0.2, 0.25) is 15.1 Å². The molecule has 1 aliphatic rings. The van der Waals surface area contributed by atoms with Crippen molar-refractivity contribution in [2.45, 2.75) is 62.3 Å². The number of nitrogens with zero attached hydrogens (tertiary/aromatic N) is 2. The smallest absolute Gasteiger partial charge is 0.352 e. The monoisotopic (exact) mass is 689 g/mol. The third-order valence-electron chi connectivity index (χ3n) is 7.38. The maximum absolute atomic E-state index is 14.1. The molecule has 7 nitrogen and oxygen atoms in total. The summed E-state index contributed by atoms with van der Waals surface area (Å²) in [5, 5.41) is 3.14. The van der Waals surface area contributed by atoms with E-state index in [1.807, 2.05) is 0 Å². The van der Waals surface area contributed by atoms with E-state index in [0.717, 1.165) is 36.6 Å². The first-order valence-electron chi connectivity index (χ1n) is 13.7. The molecule has 0 radical (unpaired) electrons. The van der Waals surface area contributed by atoms with Crippen LogP contribution in [0.15, 0.2) is 71.6 Å². The Labute approximate surface area is 268 Å². The highest BCUT2D eigenvalue weighted by molar-refractivity contribution is 7.92. The number of halogens is 6. The van der Waals surface area contributed by atoms with Crippen molar-refractivity contribution < 1.29 is 31.2 Å². The largest absolute Gasteiger partial charge is 0.416 e. The van der Waals surface area contributed by atoms with Gasteiger partial charge in [-0.1, -0.05) is 71.9 Å². The van der Waals surface area contributed by atoms with Crippen LogP contribution in [0, 0.1) is 0 Å². The maximum atomic E-state index is 14.1. The third-order valence-corrected chi connectivity index (χ3v) is 10.1. The number of benzene rings is 3. The van der Waals surface area contributed by atoms with E-state index < -0.39 is 51.9 Å². The molecule has 0 aromatic heterocycles. The van der Waals surface area contributed by atoms with E-state index in [1.54, 1.807) is 18.2 Å². The molecule has 0 unspecified atom stereocenters. The summed E-state index contributed by atoms with van der Waals surface area (Å²) in [4.78, 5) is 28.2. The van der Waals surface area contributed by atoms with E-state index in [2.05, 4.69) is 5.32 Å². The molecule has 0 heterocycles. The van der Waals surface area contributed by atoms with Gasteiger partial charge in [0.2, 0.25) is 11.8 Å². The zero-order valence-corrected chi connectivity index (χ0v) is 26.5. The number of carbonyl (C=O) groups excluding carboxylic acids is 2. The van der Waals surface area contributed by atoms with Gasteiger partial charge in [-0.05, 0) is 67.8 Å². The van der Waals surface area contributed by atoms with Gasteiger partial charge in [0.25, 0.3) is 10.0 Å². The van der Waals surface area contributed by atoms with Crippen molar-refractivity contribution in [3.8, 4) is 0 Å². The average Bonchev–Trinajstić information content (AvgIpc) is 3.48. The fraction of sp³-hybridized carbons (Fsp3) is 0.333. The Kier molecular flexibility index (Phi) is 10.8. The predicted octanol–water partition coefficient (Wildman–Crippen LogP) is 7.34. The minimum Gasteiger partial charge on any atom is -0.352 e. The van der Waals surface area contributed by atoms with Crippen molar-refractivity contribution in [2.24, 2.45) is 0 Å². The molecule has 14 heteroatoms. The van der Waals surface area contributed by atoms with Crippen LogP contribution in [0.4, 0.5) is 18.9 Å².